The first kappa shape index (κ1) is 48.0. The number of hydrogen-bond acceptors (Lipinski definition) is 8. The van der Waals surface area contributed by atoms with Gasteiger partial charge < -0.3 is 40.4 Å². The molecule has 0 fully saturated rings. The first-order valence-corrected chi connectivity index (χ1v) is 27.1. The van der Waals surface area contributed by atoms with Crippen molar-refractivity contribution in [2.75, 3.05) is 32.9 Å². The summed E-state index contributed by atoms with van der Waals surface area (Å²) in [6, 6.07) is 12.5. The van der Waals surface area contributed by atoms with E-state index < -0.39 is 81.8 Å². The lowest BCUT2D eigenvalue weighted by Gasteiger charge is -2.41. The Labute approximate surface area is 343 Å². The minimum atomic E-state index is -1.57. The molecule has 2 aromatic carbocycles. The zero-order valence-corrected chi connectivity index (χ0v) is 37.5. The van der Waals surface area contributed by atoms with Crippen molar-refractivity contribution in [3.05, 3.63) is 83.7 Å². The maximum Gasteiger partial charge on any atom is 0.407 e. The third-order valence-electron chi connectivity index (χ3n) is 9.52. The molecule has 0 radical (unpaired) electrons. The Morgan fingerprint density at radius 3 is 2.07 bits per heavy atom. The summed E-state index contributed by atoms with van der Waals surface area (Å²) < 4.78 is 42.4. The summed E-state index contributed by atoms with van der Waals surface area (Å²) in [7, 11) is -3.09. The lowest BCUT2D eigenvalue weighted by atomic mass is 9.82. The van der Waals surface area contributed by atoms with Crippen molar-refractivity contribution in [3.8, 4) is 11.1 Å². The molecule has 3 amide bonds. The van der Waals surface area contributed by atoms with E-state index in [2.05, 4.69) is 49.9 Å². The molecule has 320 valence electrons. The molecule has 0 saturated heterocycles. The highest BCUT2D eigenvalue weighted by Crippen LogP contribution is 2.41. The Bertz CT molecular complexity index is 1840. The molecule has 0 spiro atoms. The Balaban J connectivity index is 2.05. The zero-order valence-electron chi connectivity index (χ0n) is 35.5. The molecule has 0 unspecified atom stereocenters. The van der Waals surface area contributed by atoms with Gasteiger partial charge in [0.1, 0.15) is 30.3 Å². The number of benzene rings is 2. The normalized spacial score (nSPS) is 13.6. The predicted molar refractivity (Wildman–Crippen MR) is 227 cm³/mol. The van der Waals surface area contributed by atoms with Crippen molar-refractivity contribution in [1.82, 2.24) is 20.1 Å². The van der Waals surface area contributed by atoms with E-state index in [-0.39, 0.29) is 38.3 Å². The second-order valence-corrected chi connectivity index (χ2v) is 29.4. The number of nitrogens with zero attached hydrogens (tertiary/aromatic N) is 2. The molecule has 12 nitrogen and oxygen atoms in total. The number of esters is 1. The number of rotatable bonds is 20. The van der Waals surface area contributed by atoms with Gasteiger partial charge in [-0.2, -0.15) is 0 Å². The molecule has 58 heavy (non-hydrogen) atoms. The largest absolute Gasteiger partial charge is 0.464 e. The first-order valence-electron chi connectivity index (χ1n) is 19.7. The molecule has 0 bridgehead atoms. The van der Waals surface area contributed by atoms with Gasteiger partial charge in [0.2, 0.25) is 11.8 Å². The fraction of sp³-hybridized carbons (Fsp3) is 0.524. The van der Waals surface area contributed by atoms with Crippen LogP contribution in [0.4, 0.5) is 13.6 Å². The number of carbonyl (C=O) groups excluding carboxylic acids is 4. The summed E-state index contributed by atoms with van der Waals surface area (Å²) in [6.07, 6.45) is 0.677. The Kier molecular flexibility index (Phi) is 17.4. The van der Waals surface area contributed by atoms with E-state index in [0.717, 1.165) is 23.8 Å². The number of aromatic nitrogens is 1. The second-order valence-electron chi connectivity index (χ2n) is 18.1. The van der Waals surface area contributed by atoms with Gasteiger partial charge in [0.05, 0.1) is 19.3 Å². The Morgan fingerprint density at radius 1 is 0.879 bits per heavy atom. The number of aliphatic hydroxyl groups excluding tert-OH is 1. The summed E-state index contributed by atoms with van der Waals surface area (Å²) in [4.78, 5) is 55.3. The van der Waals surface area contributed by atoms with Gasteiger partial charge in [0.25, 0.3) is 0 Å². The zero-order chi connectivity index (χ0) is 43.4. The first-order chi connectivity index (χ1) is 27.0. The highest BCUT2D eigenvalue weighted by molar-refractivity contribution is 6.76. The predicted octanol–water partition coefficient (Wildman–Crippen LogP) is 6.54. The Morgan fingerprint density at radius 2 is 1.50 bits per heavy atom. The number of hydrogen-bond donors (Lipinski definition) is 4. The van der Waals surface area contributed by atoms with Crippen molar-refractivity contribution in [2.24, 2.45) is 11.1 Å². The molecule has 3 rings (SSSR count). The van der Waals surface area contributed by atoms with Crippen molar-refractivity contribution in [3.63, 3.8) is 0 Å². The van der Waals surface area contributed by atoms with Crippen molar-refractivity contribution in [1.29, 1.82) is 0 Å². The monoisotopic (exact) mass is 843 g/mol. The number of halogens is 2. The molecule has 0 aliphatic carbocycles. The van der Waals surface area contributed by atoms with Crippen LogP contribution in [0.25, 0.3) is 11.1 Å². The maximum absolute atomic E-state index is 15.2. The minimum Gasteiger partial charge on any atom is -0.464 e. The van der Waals surface area contributed by atoms with E-state index in [1.54, 1.807) is 12.3 Å². The fourth-order valence-corrected chi connectivity index (χ4v) is 7.74. The molecule has 0 aliphatic heterocycles. The van der Waals surface area contributed by atoms with Gasteiger partial charge >= 0.3 is 12.1 Å². The average molecular weight is 844 g/mol. The summed E-state index contributed by atoms with van der Waals surface area (Å²) in [5, 5.41) is 15.5. The number of nitrogens with one attached hydrogen (secondary N) is 2. The molecule has 3 atom stereocenters. The standard InChI is InChI=1S/C42H63F2N5O7Si2/c1-42(2,3)38(36-23-30(32-24-31(43)15-16-33(32)44)27-48(36)26-29-13-11-10-12-14-29)49(37(51)28-50)18-17-34(47-41(54)56-20-22-58(7,8)9)39(52)46-35(25-45)40(53)55-19-21-57(4,5)6/h10-16,23-24,27,34-35,38,50H,17-22,25-26,28,45H2,1-9H3,(H,46,52)(H,47,54)/t34-,35-,38-/m0/s1. The van der Waals surface area contributed by atoms with Gasteiger partial charge in [0.15, 0.2) is 0 Å². The number of carbonyl (C=O) groups is 4. The number of nitrogens with two attached hydrogens (primary N) is 1. The van der Waals surface area contributed by atoms with Crippen molar-refractivity contribution in [2.45, 2.75) is 103 Å². The van der Waals surface area contributed by atoms with E-state index in [1.165, 1.54) is 4.90 Å². The molecule has 3 aromatic rings. The van der Waals surface area contributed by atoms with Crippen molar-refractivity contribution >= 4 is 40.0 Å². The van der Waals surface area contributed by atoms with Crippen molar-refractivity contribution < 1.29 is 42.5 Å². The lowest BCUT2D eigenvalue weighted by Crippen LogP contribution is -2.55. The van der Waals surface area contributed by atoms with Crippen LogP contribution in [0, 0.1) is 17.0 Å². The highest BCUT2D eigenvalue weighted by Gasteiger charge is 2.38. The van der Waals surface area contributed by atoms with Gasteiger partial charge in [-0.25, -0.2) is 18.4 Å². The third-order valence-corrected chi connectivity index (χ3v) is 12.9. The van der Waals surface area contributed by atoms with E-state index in [0.29, 0.717) is 29.9 Å². The average Bonchev–Trinajstić information content (AvgIpc) is 3.52. The third kappa shape index (κ3) is 15.1. The van der Waals surface area contributed by atoms with Crippen LogP contribution in [0.15, 0.2) is 60.8 Å². The van der Waals surface area contributed by atoms with Crippen LogP contribution in [0.2, 0.25) is 51.4 Å². The summed E-state index contributed by atoms with van der Waals surface area (Å²) in [6.45, 7) is 17.8. The van der Waals surface area contributed by atoms with Gasteiger partial charge in [-0.1, -0.05) is 90.4 Å². The van der Waals surface area contributed by atoms with Gasteiger partial charge in [-0.3, -0.25) is 9.59 Å². The molecule has 0 aliphatic rings. The Hall–Kier alpha value is -4.39. The van der Waals surface area contributed by atoms with Crippen LogP contribution in [-0.4, -0.2) is 99.6 Å². The molecular formula is C42H63F2N5O7Si2. The van der Waals surface area contributed by atoms with E-state index >= 15 is 4.39 Å². The van der Waals surface area contributed by atoms with Gasteiger partial charge in [-0.15, -0.1) is 0 Å². The smallest absolute Gasteiger partial charge is 0.407 e. The highest BCUT2D eigenvalue weighted by atomic mass is 28.3. The van der Waals surface area contributed by atoms with Crippen LogP contribution in [-0.2, 0) is 30.4 Å². The molecule has 16 heteroatoms. The van der Waals surface area contributed by atoms with Crippen LogP contribution in [0.3, 0.4) is 0 Å². The second kappa shape index (κ2) is 21.0. The van der Waals surface area contributed by atoms with E-state index in [1.807, 2.05) is 55.7 Å². The van der Waals surface area contributed by atoms with E-state index in [4.69, 9.17) is 15.2 Å². The SMILES string of the molecule is CC(C)(C)[C@H](c1cc(-c2cc(F)ccc2F)cn1Cc1ccccc1)N(CC[C@H](NC(=O)OCC[Si](C)(C)C)C(=O)N[C@@H](CN)C(=O)OCC[Si](C)(C)C)C(=O)CO. The quantitative estimate of drug-likeness (QED) is 0.0736. The molecular weight excluding hydrogens is 781 g/mol. The number of amides is 3. The molecule has 5 N–H and O–H groups in total. The van der Waals surface area contributed by atoms with Gasteiger partial charge in [0, 0.05) is 58.8 Å². The molecule has 0 saturated carbocycles. The molecule has 1 heterocycles. The van der Waals surface area contributed by atoms with Crippen LogP contribution in [0.1, 0.15) is 44.5 Å². The fourth-order valence-electron chi connectivity index (χ4n) is 6.32. The maximum atomic E-state index is 15.2. The summed E-state index contributed by atoms with van der Waals surface area (Å²) in [5.41, 5.74) is 7.04. The summed E-state index contributed by atoms with van der Waals surface area (Å²) >= 11 is 0. The number of alkyl carbamates (subject to hydrolysis) is 1. The minimum absolute atomic E-state index is 0.0304. The summed E-state index contributed by atoms with van der Waals surface area (Å²) in [5.74, 6) is -3.38. The molecule has 1 aromatic heterocycles. The number of ether oxygens (including phenoxy) is 2. The number of aliphatic hydroxyl groups is 1. The topological polar surface area (TPSA) is 165 Å². The van der Waals surface area contributed by atoms with Crippen LogP contribution in [0.5, 0.6) is 0 Å². The lowest BCUT2D eigenvalue weighted by molar-refractivity contribution is -0.147. The van der Waals surface area contributed by atoms with E-state index in [9.17, 15) is 28.7 Å². The van der Waals surface area contributed by atoms with Crippen LogP contribution >= 0.6 is 0 Å². The van der Waals surface area contributed by atoms with Crippen LogP contribution < -0.4 is 16.4 Å². The van der Waals surface area contributed by atoms with Gasteiger partial charge in [-0.05, 0) is 53.8 Å².